The van der Waals surface area contributed by atoms with E-state index in [0.29, 0.717) is 13.0 Å². The van der Waals surface area contributed by atoms with Crippen LogP contribution in [0.1, 0.15) is 34.1 Å². The second-order valence-electron chi connectivity index (χ2n) is 5.29. The maximum absolute atomic E-state index is 10.2. The third-order valence-electron chi connectivity index (χ3n) is 3.22. The van der Waals surface area contributed by atoms with Gasteiger partial charge in [0.2, 0.25) is 0 Å². The van der Waals surface area contributed by atoms with Crippen molar-refractivity contribution in [2.75, 3.05) is 13.2 Å². The van der Waals surface area contributed by atoms with E-state index in [9.17, 15) is 4.79 Å². The summed E-state index contributed by atoms with van der Waals surface area (Å²) < 4.78 is 16.4. The van der Waals surface area contributed by atoms with Crippen molar-refractivity contribution in [2.45, 2.75) is 45.3 Å². The number of carbonyl (C=O) groups is 1. The summed E-state index contributed by atoms with van der Waals surface area (Å²) >= 11 is 0. The van der Waals surface area contributed by atoms with Crippen molar-refractivity contribution in [1.82, 2.24) is 0 Å². The van der Waals surface area contributed by atoms with Crippen LogP contribution in [-0.2, 0) is 18.8 Å². The maximum atomic E-state index is 10.2. The number of hydrogen-bond acceptors (Lipinski definition) is 4. The topological polar surface area (TPSA) is 65.0 Å². The zero-order valence-electron chi connectivity index (χ0n) is 11.4. The van der Waals surface area contributed by atoms with Crippen molar-refractivity contribution < 1.29 is 23.9 Å². The Bertz CT molecular complexity index is 308. The Balaban J connectivity index is 2.26. The van der Waals surface area contributed by atoms with E-state index in [4.69, 9.17) is 19.2 Å². The van der Waals surface area contributed by atoms with Crippen molar-refractivity contribution >= 4 is 13.1 Å². The van der Waals surface area contributed by atoms with Gasteiger partial charge in [-0.1, -0.05) is 12.1 Å². The number of carboxylic acid groups (broad SMARTS) is 1. The molecular formula is C12H21BO5. The van der Waals surface area contributed by atoms with Crippen LogP contribution in [0, 0.1) is 0 Å². The Morgan fingerprint density at radius 2 is 1.83 bits per heavy atom. The van der Waals surface area contributed by atoms with E-state index in [-0.39, 0.29) is 24.9 Å². The second-order valence-corrected chi connectivity index (χ2v) is 5.29. The molecule has 5 nitrogen and oxygen atoms in total. The normalized spacial score (nSPS) is 21.7. The average molecular weight is 256 g/mol. The minimum Gasteiger partial charge on any atom is -0.480 e. The van der Waals surface area contributed by atoms with Crippen molar-refractivity contribution in [3.8, 4) is 0 Å². The molecule has 0 unspecified atom stereocenters. The Morgan fingerprint density at radius 1 is 1.28 bits per heavy atom. The molecule has 1 rings (SSSR count). The molecule has 18 heavy (non-hydrogen) atoms. The largest absolute Gasteiger partial charge is 0.486 e. The lowest BCUT2D eigenvalue weighted by Crippen LogP contribution is -2.41. The fraction of sp³-hybridized carbons (Fsp3) is 0.750. The lowest BCUT2D eigenvalue weighted by Gasteiger charge is -2.32. The molecule has 0 atom stereocenters. The van der Waals surface area contributed by atoms with E-state index in [1.165, 1.54) is 0 Å². The molecule has 6 heteroatoms. The molecule has 1 N–H and O–H groups in total. The molecule has 0 radical (unpaired) electrons. The van der Waals surface area contributed by atoms with Crippen LogP contribution in [0.4, 0.5) is 0 Å². The molecule has 1 fully saturated rings. The van der Waals surface area contributed by atoms with Gasteiger partial charge in [-0.05, 0) is 34.1 Å². The molecular weight excluding hydrogens is 235 g/mol. The third-order valence-corrected chi connectivity index (χ3v) is 3.22. The van der Waals surface area contributed by atoms with Crippen molar-refractivity contribution in [2.24, 2.45) is 0 Å². The average Bonchev–Trinajstić information content (AvgIpc) is 2.40. The molecule has 0 spiro atoms. The number of carboxylic acids is 1. The number of hydrogen-bond donors (Lipinski definition) is 1. The van der Waals surface area contributed by atoms with Gasteiger partial charge in [0, 0.05) is 0 Å². The van der Waals surface area contributed by atoms with E-state index in [1.807, 2.05) is 39.7 Å². The quantitative estimate of drug-likeness (QED) is 0.578. The molecule has 0 bridgehead atoms. The van der Waals surface area contributed by atoms with Gasteiger partial charge >= 0.3 is 13.1 Å². The zero-order valence-corrected chi connectivity index (χ0v) is 11.4. The summed E-state index contributed by atoms with van der Waals surface area (Å²) in [4.78, 5) is 10.2. The number of rotatable bonds is 6. The van der Waals surface area contributed by atoms with Crippen LogP contribution >= 0.6 is 0 Å². The van der Waals surface area contributed by atoms with Crippen LogP contribution in [0.2, 0.25) is 0 Å². The molecule has 0 saturated carbocycles. The highest BCUT2D eigenvalue weighted by molar-refractivity contribution is 6.51. The minimum atomic E-state index is -0.954. The summed E-state index contributed by atoms with van der Waals surface area (Å²) in [5, 5.41) is 8.37. The lowest BCUT2D eigenvalue weighted by molar-refractivity contribution is -0.142. The van der Waals surface area contributed by atoms with E-state index in [0.717, 1.165) is 0 Å². The van der Waals surface area contributed by atoms with Crippen LogP contribution in [0.25, 0.3) is 0 Å². The molecule has 0 amide bonds. The van der Waals surface area contributed by atoms with Crippen molar-refractivity contribution in [3.63, 3.8) is 0 Å². The molecule has 0 aromatic carbocycles. The first-order valence-corrected chi connectivity index (χ1v) is 6.06. The molecule has 1 heterocycles. The first-order chi connectivity index (χ1) is 8.24. The first kappa shape index (κ1) is 15.2. The number of ether oxygens (including phenoxy) is 1. The summed E-state index contributed by atoms with van der Waals surface area (Å²) in [5.41, 5.74) is -0.663. The monoisotopic (exact) mass is 256 g/mol. The van der Waals surface area contributed by atoms with Crippen molar-refractivity contribution in [3.05, 3.63) is 12.1 Å². The third kappa shape index (κ3) is 4.12. The second kappa shape index (κ2) is 5.86. The summed E-state index contributed by atoms with van der Waals surface area (Å²) in [6, 6.07) is 0. The van der Waals surface area contributed by atoms with Gasteiger partial charge in [0.1, 0.15) is 6.61 Å². The van der Waals surface area contributed by atoms with Gasteiger partial charge < -0.3 is 19.2 Å². The predicted molar refractivity (Wildman–Crippen MR) is 68.3 cm³/mol. The van der Waals surface area contributed by atoms with E-state index < -0.39 is 5.97 Å². The minimum absolute atomic E-state index is 0.260. The van der Waals surface area contributed by atoms with Gasteiger partial charge in [-0.2, -0.15) is 0 Å². The lowest BCUT2D eigenvalue weighted by atomic mass is 9.90. The molecule has 0 aromatic heterocycles. The summed E-state index contributed by atoms with van der Waals surface area (Å²) in [6.45, 7) is 8.11. The highest BCUT2D eigenvalue weighted by Crippen LogP contribution is 2.36. The molecule has 1 saturated heterocycles. The Hall–Kier alpha value is -0.845. The fourth-order valence-electron chi connectivity index (χ4n) is 1.49. The van der Waals surface area contributed by atoms with Crippen LogP contribution in [0.3, 0.4) is 0 Å². The van der Waals surface area contributed by atoms with Gasteiger partial charge in [-0.25, -0.2) is 4.79 Å². The Kier molecular flexibility index (Phi) is 4.96. The smallest absolute Gasteiger partial charge is 0.480 e. The Labute approximate surface area is 108 Å². The van der Waals surface area contributed by atoms with E-state index in [2.05, 4.69) is 0 Å². The highest BCUT2D eigenvalue weighted by atomic mass is 16.7. The molecule has 0 aromatic rings. The molecule has 0 aliphatic carbocycles. The standard InChI is InChI=1S/C12H21BO5/c1-11(2)12(3,4)18-13(17-11)7-5-6-8-16-9-10(14)15/h5,7H,6,8-9H2,1-4H3,(H,14,15)/b7-5+. The van der Waals surface area contributed by atoms with Gasteiger partial charge in [0.25, 0.3) is 0 Å². The summed E-state index contributed by atoms with van der Waals surface area (Å²) in [7, 11) is -0.352. The van der Waals surface area contributed by atoms with Gasteiger partial charge in [-0.15, -0.1) is 0 Å². The first-order valence-electron chi connectivity index (χ1n) is 6.06. The van der Waals surface area contributed by atoms with Gasteiger partial charge in [0.05, 0.1) is 17.8 Å². The van der Waals surface area contributed by atoms with Crippen LogP contribution in [0.5, 0.6) is 0 Å². The van der Waals surface area contributed by atoms with Gasteiger partial charge in [-0.3, -0.25) is 0 Å². The van der Waals surface area contributed by atoms with E-state index in [1.54, 1.807) is 0 Å². The number of aliphatic carboxylic acids is 1. The summed E-state index contributed by atoms with van der Waals surface area (Å²) in [6.07, 6.45) is 2.52. The summed E-state index contributed by atoms with van der Waals surface area (Å²) in [5.74, 6) is 0.880. The zero-order chi connectivity index (χ0) is 13.8. The van der Waals surface area contributed by atoms with Crippen molar-refractivity contribution in [1.29, 1.82) is 0 Å². The highest BCUT2D eigenvalue weighted by Gasteiger charge is 2.49. The molecule has 1 aliphatic rings. The maximum Gasteiger partial charge on any atom is 0.486 e. The predicted octanol–water partition coefficient (Wildman–Crippen LogP) is 1.67. The fourth-order valence-corrected chi connectivity index (χ4v) is 1.49. The molecule has 1 aliphatic heterocycles. The van der Waals surface area contributed by atoms with Gasteiger partial charge in [0.15, 0.2) is 0 Å². The molecule has 102 valence electrons. The SMILES string of the molecule is CC1(C)OB(/C=C/CCOCC(=O)O)OC1(C)C. The van der Waals surface area contributed by atoms with Crippen LogP contribution in [0.15, 0.2) is 12.1 Å². The van der Waals surface area contributed by atoms with Crippen LogP contribution < -0.4 is 0 Å². The Morgan fingerprint density at radius 3 is 2.33 bits per heavy atom. The van der Waals surface area contributed by atoms with E-state index >= 15 is 0 Å². The van der Waals surface area contributed by atoms with Crippen LogP contribution in [-0.4, -0.2) is 42.6 Å².